The number of hydrogen-bond acceptors (Lipinski definition) is 7. The van der Waals surface area contributed by atoms with E-state index in [0.717, 1.165) is 18.2 Å². The van der Waals surface area contributed by atoms with Gasteiger partial charge in [0.1, 0.15) is 10.1 Å². The zero-order chi connectivity index (χ0) is 24.3. The Balaban J connectivity index is 0.00000324. The van der Waals surface area contributed by atoms with E-state index in [1.807, 2.05) is 0 Å². The summed E-state index contributed by atoms with van der Waals surface area (Å²) in [7, 11) is -5.22. The minimum Gasteiger partial charge on any atom is -0.744 e. The number of nitrogen functional groups attached to an aromatic ring is 1. The van der Waals surface area contributed by atoms with Crippen molar-refractivity contribution in [3.8, 4) is 0 Å². The van der Waals surface area contributed by atoms with Crippen LogP contribution in [0.3, 0.4) is 0 Å². The van der Waals surface area contributed by atoms with Crippen molar-refractivity contribution in [3.63, 3.8) is 0 Å². The van der Waals surface area contributed by atoms with Crippen LogP contribution in [-0.2, 0) is 16.3 Å². The first-order chi connectivity index (χ1) is 15.3. The van der Waals surface area contributed by atoms with Crippen molar-refractivity contribution < 1.29 is 65.3 Å². The predicted octanol–water partition coefficient (Wildman–Crippen LogP) is 1.37. The Hall–Kier alpha value is -2.41. The molecule has 0 heterocycles. The second-order valence-electron chi connectivity index (χ2n) is 7.06. The molecule has 34 heavy (non-hydrogen) atoms. The van der Waals surface area contributed by atoms with E-state index >= 15 is 0 Å². The van der Waals surface area contributed by atoms with E-state index in [-0.39, 0.29) is 57.6 Å². The van der Waals surface area contributed by atoms with Gasteiger partial charge in [0.05, 0.1) is 38.0 Å². The van der Waals surface area contributed by atoms with E-state index in [1.165, 1.54) is 24.3 Å². The molecule has 0 aliphatic heterocycles. The van der Waals surface area contributed by atoms with E-state index in [1.54, 1.807) is 0 Å². The molecule has 0 saturated heterocycles. The molecule has 0 amide bonds. The van der Waals surface area contributed by atoms with Crippen molar-refractivity contribution in [2.75, 3.05) is 11.1 Å². The van der Waals surface area contributed by atoms with Gasteiger partial charge in [-0.25, -0.2) is 8.42 Å². The average molecular weight is 519 g/mol. The molecule has 0 fully saturated rings. The monoisotopic (exact) mass is 518 g/mol. The predicted molar refractivity (Wildman–Crippen MR) is 112 cm³/mol. The van der Waals surface area contributed by atoms with Crippen LogP contribution in [0.2, 0.25) is 5.02 Å². The van der Waals surface area contributed by atoms with Gasteiger partial charge in [-0.05, 0) is 24.3 Å². The molecule has 13 heteroatoms. The van der Waals surface area contributed by atoms with Gasteiger partial charge in [-0.3, -0.25) is 9.59 Å². The van der Waals surface area contributed by atoms with E-state index in [4.69, 9.17) is 17.3 Å². The van der Waals surface area contributed by atoms with Crippen molar-refractivity contribution in [1.29, 1.82) is 0 Å². The maximum absolute atomic E-state index is 13.2. The number of anilines is 3. The summed E-state index contributed by atoms with van der Waals surface area (Å²) in [6.07, 6.45) is -4.80. The summed E-state index contributed by atoms with van der Waals surface area (Å²) in [5.41, 5.74) is 2.34. The third-order valence-corrected chi connectivity index (χ3v) is 6.23. The Morgan fingerprint density at radius 3 is 2.03 bits per heavy atom. The molecular formula is C21H11ClF3N2NaO5S. The summed E-state index contributed by atoms with van der Waals surface area (Å²) in [5.74, 6) is -1.53. The summed E-state index contributed by atoms with van der Waals surface area (Å²) in [6, 6.07) is 9.12. The maximum Gasteiger partial charge on any atom is 1.00 e. The second-order valence-corrected chi connectivity index (χ2v) is 8.82. The molecule has 3 aromatic carbocycles. The van der Waals surface area contributed by atoms with Gasteiger partial charge < -0.3 is 15.6 Å². The number of ketones is 2. The molecule has 0 bridgehead atoms. The summed E-state index contributed by atoms with van der Waals surface area (Å²) in [6.45, 7) is 0. The van der Waals surface area contributed by atoms with Crippen LogP contribution < -0.4 is 40.6 Å². The number of hydrogen-bond donors (Lipinski definition) is 2. The van der Waals surface area contributed by atoms with Crippen LogP contribution in [0.4, 0.5) is 30.2 Å². The van der Waals surface area contributed by atoms with Crippen molar-refractivity contribution >= 4 is 50.3 Å². The molecular weight excluding hydrogens is 508 g/mol. The zero-order valence-corrected chi connectivity index (χ0v) is 20.7. The second kappa shape index (κ2) is 8.99. The van der Waals surface area contributed by atoms with Crippen molar-refractivity contribution in [2.45, 2.75) is 11.1 Å². The Morgan fingerprint density at radius 1 is 0.941 bits per heavy atom. The molecule has 0 radical (unpaired) electrons. The van der Waals surface area contributed by atoms with Gasteiger partial charge in [0, 0.05) is 16.8 Å². The fourth-order valence-electron chi connectivity index (χ4n) is 3.57. The van der Waals surface area contributed by atoms with Crippen LogP contribution in [0.5, 0.6) is 0 Å². The first-order valence-corrected chi connectivity index (χ1v) is 10.8. The Morgan fingerprint density at radius 2 is 1.50 bits per heavy atom. The third kappa shape index (κ3) is 4.47. The summed E-state index contributed by atoms with van der Waals surface area (Å²) in [4.78, 5) is 25.3. The number of nitrogens with one attached hydrogen (secondary N) is 1. The number of halogens is 4. The number of carbonyl (C=O) groups excluding carboxylic acids is 2. The van der Waals surface area contributed by atoms with Crippen LogP contribution in [0, 0.1) is 0 Å². The van der Waals surface area contributed by atoms with Gasteiger partial charge in [-0.15, -0.1) is 0 Å². The van der Waals surface area contributed by atoms with Gasteiger partial charge >= 0.3 is 35.7 Å². The van der Waals surface area contributed by atoms with Gasteiger partial charge in [-0.2, -0.15) is 13.2 Å². The van der Waals surface area contributed by atoms with Gasteiger partial charge in [0.2, 0.25) is 0 Å². The molecule has 0 aromatic heterocycles. The molecule has 1 aliphatic carbocycles. The topological polar surface area (TPSA) is 129 Å². The summed E-state index contributed by atoms with van der Waals surface area (Å²) in [5, 5.41) is 1.92. The van der Waals surface area contributed by atoms with Gasteiger partial charge in [-0.1, -0.05) is 35.9 Å². The molecule has 0 spiro atoms. The minimum atomic E-state index is -5.22. The normalized spacial score (nSPS) is 13.1. The van der Waals surface area contributed by atoms with Crippen molar-refractivity contribution in [3.05, 3.63) is 81.4 Å². The molecule has 3 N–H and O–H groups in total. The van der Waals surface area contributed by atoms with Crippen LogP contribution in [-0.4, -0.2) is 24.5 Å². The maximum atomic E-state index is 13.2. The molecule has 170 valence electrons. The molecule has 4 rings (SSSR count). The smallest absolute Gasteiger partial charge is 0.744 e. The van der Waals surface area contributed by atoms with Crippen molar-refractivity contribution in [1.82, 2.24) is 0 Å². The van der Waals surface area contributed by atoms with E-state index in [9.17, 15) is 35.7 Å². The fourth-order valence-corrected chi connectivity index (χ4v) is 4.43. The molecule has 0 atom stereocenters. The number of alkyl halides is 3. The quantitative estimate of drug-likeness (QED) is 0.238. The molecule has 1 aliphatic rings. The number of carbonyl (C=O) groups is 2. The van der Waals surface area contributed by atoms with Crippen LogP contribution in [0.15, 0.2) is 53.4 Å². The van der Waals surface area contributed by atoms with Crippen LogP contribution in [0.1, 0.15) is 37.4 Å². The third-order valence-electron chi connectivity index (χ3n) is 5.02. The largest absolute Gasteiger partial charge is 1.00 e. The van der Waals surface area contributed by atoms with Gasteiger partial charge in [0.25, 0.3) is 0 Å². The van der Waals surface area contributed by atoms with E-state index < -0.39 is 54.6 Å². The molecule has 0 unspecified atom stereocenters. The van der Waals surface area contributed by atoms with Gasteiger partial charge in [0.15, 0.2) is 11.6 Å². The number of rotatable bonds is 3. The Labute approximate surface area is 218 Å². The Bertz CT molecular complexity index is 1480. The van der Waals surface area contributed by atoms with Crippen LogP contribution >= 0.6 is 11.6 Å². The Kier molecular flexibility index (Phi) is 6.93. The standard InChI is InChI=1S/C21H12ClF3N2O5S.Na/c22-13-6-5-9(7-12(13)21(23,24)25)27-14-8-15(33(30,31)32)18(26)17-16(14)19(28)10-3-1-2-4-11(10)20(17)29;/h1-8,27H,26H2,(H,30,31,32);/q;+1/p-1. The molecule has 0 saturated carbocycles. The molecule has 3 aromatic rings. The zero-order valence-electron chi connectivity index (χ0n) is 17.2. The van der Waals surface area contributed by atoms with Crippen molar-refractivity contribution in [2.24, 2.45) is 0 Å². The number of nitrogens with two attached hydrogens (primary N) is 1. The summed E-state index contributed by atoms with van der Waals surface area (Å²) < 4.78 is 75.1. The van der Waals surface area contributed by atoms with E-state index in [2.05, 4.69) is 5.32 Å². The minimum absolute atomic E-state index is 0. The average Bonchev–Trinajstić information content (AvgIpc) is 2.72. The fraction of sp³-hybridized carbons (Fsp3) is 0.0476. The number of fused-ring (bicyclic) bond motifs is 2. The SMILES string of the molecule is Nc1c(S(=O)(=O)[O-])cc(Nc2ccc(Cl)c(C(F)(F)F)c2)c2c1C(=O)c1ccccc1C2=O.[Na+]. The summed E-state index contributed by atoms with van der Waals surface area (Å²) >= 11 is 5.62. The van der Waals surface area contributed by atoms with E-state index in [0.29, 0.717) is 6.07 Å². The van der Waals surface area contributed by atoms with Crippen LogP contribution in [0.25, 0.3) is 0 Å². The first-order valence-electron chi connectivity index (χ1n) is 9.05. The molecule has 7 nitrogen and oxygen atoms in total. The number of benzene rings is 3. The first kappa shape index (κ1) is 26.2.